The molecule has 0 saturated heterocycles. The van der Waals surface area contributed by atoms with Crippen LogP contribution in [0.2, 0.25) is 0 Å². The van der Waals surface area contributed by atoms with Gasteiger partial charge in [0.25, 0.3) is 0 Å². The Balaban J connectivity index is 2.32. The topological polar surface area (TPSA) is 58.9 Å². The summed E-state index contributed by atoms with van der Waals surface area (Å²) >= 11 is -5.12. The zero-order valence-corrected chi connectivity index (χ0v) is 17.3. The average molecular weight is 432 g/mol. The van der Waals surface area contributed by atoms with Crippen LogP contribution in [-0.2, 0) is 27.3 Å². The first kappa shape index (κ1) is 18.4. The standard InChI is InChI=1S/C18H15OSi.CH3O.2H2O.Zr/c19-20(16-10-4-1-5-11-16,17-12-6-2-7-13-17)18-14-8-3-9-15-18;1-2;;;/h1-15H;1H3;2*1H2;/q2*-1;;;+4/p-2. The first-order chi connectivity index (χ1) is 12.1. The maximum atomic E-state index is 10.4. The van der Waals surface area contributed by atoms with Crippen molar-refractivity contribution in [2.24, 2.45) is 0 Å². The van der Waals surface area contributed by atoms with E-state index in [0.29, 0.717) is 0 Å². The van der Waals surface area contributed by atoms with Gasteiger partial charge in [0, 0.05) is 0 Å². The summed E-state index contributed by atoms with van der Waals surface area (Å²) in [6.45, 7) is 0. The number of hydrogen-bond acceptors (Lipinski definition) is 4. The summed E-state index contributed by atoms with van der Waals surface area (Å²) in [4.78, 5) is 0. The third kappa shape index (κ3) is 3.90. The molecule has 3 aromatic rings. The summed E-state index contributed by atoms with van der Waals surface area (Å²) in [5, 5.41) is 2.82. The van der Waals surface area contributed by atoms with E-state index in [1.54, 1.807) is 0 Å². The third-order valence-corrected chi connectivity index (χ3v) is 13.6. The molecule has 128 valence electrons. The van der Waals surface area contributed by atoms with Gasteiger partial charge in [-0.2, -0.15) is 0 Å². The SMILES string of the molecule is C[O][Zr]([OH])([OH])[O][Si](c1ccccc1)(c1ccccc1)c1ccccc1. The van der Waals surface area contributed by atoms with E-state index >= 15 is 0 Å². The van der Waals surface area contributed by atoms with E-state index in [-0.39, 0.29) is 0 Å². The molecule has 0 saturated carbocycles. The molecule has 3 rings (SSSR count). The Morgan fingerprint density at radius 1 is 0.640 bits per heavy atom. The van der Waals surface area contributed by atoms with Crippen LogP contribution in [-0.4, -0.2) is 21.8 Å². The molecule has 0 aromatic heterocycles. The predicted octanol–water partition coefficient (Wildman–Crippen LogP) is 1.11. The molecule has 0 fully saturated rings. The van der Waals surface area contributed by atoms with E-state index in [1.165, 1.54) is 7.11 Å². The van der Waals surface area contributed by atoms with Crippen molar-refractivity contribution in [2.75, 3.05) is 7.11 Å². The van der Waals surface area contributed by atoms with Crippen molar-refractivity contribution in [1.29, 1.82) is 0 Å². The molecule has 4 nitrogen and oxygen atoms in total. The number of rotatable bonds is 6. The minimum absolute atomic E-state index is 0.939. The van der Waals surface area contributed by atoms with Crippen molar-refractivity contribution in [1.82, 2.24) is 0 Å². The summed E-state index contributed by atoms with van der Waals surface area (Å²) in [6.07, 6.45) is 0. The van der Waals surface area contributed by atoms with E-state index in [9.17, 15) is 6.37 Å². The van der Waals surface area contributed by atoms with E-state index in [2.05, 4.69) is 0 Å². The zero-order chi connectivity index (χ0) is 17.8. The Labute approximate surface area is 155 Å². The first-order valence-corrected chi connectivity index (χ1v) is 14.1. The van der Waals surface area contributed by atoms with Crippen LogP contribution in [0.4, 0.5) is 0 Å². The van der Waals surface area contributed by atoms with Crippen LogP contribution in [0.15, 0.2) is 91.0 Å². The van der Waals surface area contributed by atoms with Crippen LogP contribution in [0.5, 0.6) is 0 Å². The van der Waals surface area contributed by atoms with Gasteiger partial charge in [-0.15, -0.1) is 0 Å². The van der Waals surface area contributed by atoms with E-state index < -0.39 is 30.3 Å². The van der Waals surface area contributed by atoms with E-state index in [4.69, 9.17) is 5.32 Å². The van der Waals surface area contributed by atoms with Gasteiger partial charge in [0.05, 0.1) is 0 Å². The van der Waals surface area contributed by atoms with Crippen molar-refractivity contribution < 1.29 is 33.7 Å². The number of benzene rings is 3. The van der Waals surface area contributed by atoms with Gasteiger partial charge in [0.15, 0.2) is 0 Å². The average Bonchev–Trinajstić information content (AvgIpc) is 2.68. The molecule has 0 aliphatic carbocycles. The summed E-state index contributed by atoms with van der Waals surface area (Å²) in [6, 6.07) is 29.3. The summed E-state index contributed by atoms with van der Waals surface area (Å²) in [5.41, 5.74) is 0. The summed E-state index contributed by atoms with van der Waals surface area (Å²) in [7, 11) is -1.82. The molecule has 25 heavy (non-hydrogen) atoms. The van der Waals surface area contributed by atoms with Gasteiger partial charge in [-0.1, -0.05) is 0 Å². The van der Waals surface area contributed by atoms with Crippen molar-refractivity contribution in [2.45, 2.75) is 0 Å². The van der Waals surface area contributed by atoms with Gasteiger partial charge in [0.1, 0.15) is 0 Å². The molecule has 6 heteroatoms. The van der Waals surface area contributed by atoms with Crippen LogP contribution < -0.4 is 15.6 Å². The van der Waals surface area contributed by atoms with Crippen molar-refractivity contribution >= 4 is 23.9 Å². The van der Waals surface area contributed by atoms with Gasteiger partial charge < -0.3 is 0 Å². The minimum atomic E-state index is -5.12. The van der Waals surface area contributed by atoms with Gasteiger partial charge >= 0.3 is 156 Å². The van der Waals surface area contributed by atoms with Crippen LogP contribution >= 0.6 is 0 Å². The molecule has 0 spiro atoms. The molecule has 0 radical (unpaired) electrons. The fraction of sp³-hybridized carbons (Fsp3) is 0.0526. The van der Waals surface area contributed by atoms with Gasteiger partial charge in [0.2, 0.25) is 0 Å². The molecule has 3 aromatic carbocycles. The quantitative estimate of drug-likeness (QED) is 0.454. The van der Waals surface area contributed by atoms with Gasteiger partial charge in [-0.25, -0.2) is 0 Å². The molecule has 0 unspecified atom stereocenters. The Hall–Kier alpha value is -1.40. The molecule has 0 aliphatic rings. The molecule has 2 N–H and O–H groups in total. The monoisotopic (exact) mass is 430 g/mol. The van der Waals surface area contributed by atoms with Crippen molar-refractivity contribution in [3.8, 4) is 0 Å². The van der Waals surface area contributed by atoms with E-state index in [0.717, 1.165) is 15.6 Å². The van der Waals surface area contributed by atoms with Crippen LogP contribution in [0.1, 0.15) is 0 Å². The van der Waals surface area contributed by atoms with Crippen molar-refractivity contribution in [3.05, 3.63) is 91.0 Å². The molecule has 0 heterocycles. The Bertz CT molecular complexity index is 701. The summed E-state index contributed by atoms with van der Waals surface area (Å²) < 4.78 is 32.0. The Morgan fingerprint density at radius 2 is 0.960 bits per heavy atom. The molecular weight excluding hydrogens is 412 g/mol. The Kier molecular flexibility index (Phi) is 5.79. The molecule has 0 atom stereocenters. The maximum absolute atomic E-state index is 10.4. The molecule has 0 bridgehead atoms. The second-order valence-corrected chi connectivity index (χ2v) is 14.1. The van der Waals surface area contributed by atoms with Gasteiger partial charge in [-0.05, 0) is 0 Å². The Morgan fingerprint density at radius 3 is 1.24 bits per heavy atom. The second-order valence-electron chi connectivity index (χ2n) is 5.63. The summed E-state index contributed by atoms with van der Waals surface area (Å²) in [5.74, 6) is 0. The normalized spacial score (nSPS) is 12.1. The first-order valence-electron chi connectivity index (χ1n) is 7.95. The zero-order valence-electron chi connectivity index (χ0n) is 13.9. The fourth-order valence-corrected chi connectivity index (χ4v) is 12.9. The third-order valence-electron chi connectivity index (χ3n) is 4.09. The van der Waals surface area contributed by atoms with Crippen LogP contribution in [0.25, 0.3) is 0 Å². The fourth-order valence-electron chi connectivity index (χ4n) is 2.94. The van der Waals surface area contributed by atoms with Crippen LogP contribution in [0.3, 0.4) is 0 Å². The molecule has 0 amide bonds. The molecular formula is C19H20O4SiZr. The molecule has 0 aliphatic heterocycles. The van der Waals surface area contributed by atoms with Crippen molar-refractivity contribution in [3.63, 3.8) is 0 Å². The second kappa shape index (κ2) is 7.87. The van der Waals surface area contributed by atoms with Gasteiger partial charge in [-0.3, -0.25) is 0 Å². The van der Waals surface area contributed by atoms with Crippen LogP contribution in [0, 0.1) is 0 Å². The van der Waals surface area contributed by atoms with E-state index in [1.807, 2.05) is 91.0 Å². The number of hydrogen-bond donors (Lipinski definition) is 2. The predicted molar refractivity (Wildman–Crippen MR) is 96.5 cm³/mol.